The van der Waals surface area contributed by atoms with E-state index in [-0.39, 0.29) is 5.82 Å². The largest absolute Gasteiger partial charge is 0.366 e. The maximum atomic E-state index is 13.2. The van der Waals surface area contributed by atoms with E-state index in [0.29, 0.717) is 23.6 Å². The smallest absolute Gasteiger partial charge is 0.213 e. The third kappa shape index (κ3) is 3.41. The molecule has 2 heterocycles. The van der Waals surface area contributed by atoms with Gasteiger partial charge in [-0.1, -0.05) is 12.1 Å². The lowest BCUT2D eigenvalue weighted by atomic mass is 10.2. The zero-order valence-corrected chi connectivity index (χ0v) is 11.5. The van der Waals surface area contributed by atoms with Crippen LogP contribution in [-0.4, -0.2) is 15.0 Å². The number of halogens is 2. The molecule has 0 spiro atoms. The minimum atomic E-state index is -0.564. The van der Waals surface area contributed by atoms with Crippen molar-refractivity contribution in [2.45, 2.75) is 6.54 Å². The molecule has 0 fully saturated rings. The Morgan fingerprint density at radius 1 is 0.955 bits per heavy atom. The second kappa shape index (κ2) is 6.26. The Morgan fingerprint density at radius 3 is 2.68 bits per heavy atom. The molecule has 0 bridgehead atoms. The van der Waals surface area contributed by atoms with Crippen molar-refractivity contribution >= 4 is 5.82 Å². The molecule has 0 radical (unpaired) electrons. The average molecular weight is 298 g/mol. The van der Waals surface area contributed by atoms with Gasteiger partial charge in [0.15, 0.2) is 0 Å². The summed E-state index contributed by atoms with van der Waals surface area (Å²) in [5, 5.41) is 3.09. The van der Waals surface area contributed by atoms with Gasteiger partial charge >= 0.3 is 0 Å². The molecule has 6 heteroatoms. The predicted molar refractivity (Wildman–Crippen MR) is 78.9 cm³/mol. The van der Waals surface area contributed by atoms with Crippen LogP contribution in [0.4, 0.5) is 14.6 Å². The van der Waals surface area contributed by atoms with Crippen molar-refractivity contribution in [2.75, 3.05) is 5.32 Å². The monoisotopic (exact) mass is 298 g/mol. The third-order valence-electron chi connectivity index (χ3n) is 3.05. The van der Waals surface area contributed by atoms with Gasteiger partial charge < -0.3 is 5.32 Å². The van der Waals surface area contributed by atoms with Gasteiger partial charge in [-0.2, -0.15) is 4.39 Å². The van der Waals surface area contributed by atoms with E-state index in [9.17, 15) is 8.78 Å². The van der Waals surface area contributed by atoms with Crippen molar-refractivity contribution in [1.82, 2.24) is 15.0 Å². The van der Waals surface area contributed by atoms with Crippen molar-refractivity contribution in [2.24, 2.45) is 0 Å². The summed E-state index contributed by atoms with van der Waals surface area (Å²) in [4.78, 5) is 11.7. The van der Waals surface area contributed by atoms with Crippen LogP contribution in [0.15, 0.2) is 55.0 Å². The fraction of sp³-hybridized carbons (Fsp3) is 0.0625. The molecule has 0 aliphatic carbocycles. The number of nitrogens with zero attached hydrogens (tertiary/aromatic N) is 3. The summed E-state index contributed by atoms with van der Waals surface area (Å²) < 4.78 is 26.3. The fourth-order valence-electron chi connectivity index (χ4n) is 2.01. The first-order valence-corrected chi connectivity index (χ1v) is 6.63. The third-order valence-corrected chi connectivity index (χ3v) is 3.05. The minimum absolute atomic E-state index is 0.282. The summed E-state index contributed by atoms with van der Waals surface area (Å²) in [7, 11) is 0. The Bertz CT molecular complexity index is 792. The van der Waals surface area contributed by atoms with Gasteiger partial charge in [-0.15, -0.1) is 0 Å². The molecule has 2 aromatic heterocycles. The van der Waals surface area contributed by atoms with Gasteiger partial charge in [0.05, 0.1) is 5.69 Å². The van der Waals surface area contributed by atoms with Crippen LogP contribution >= 0.6 is 0 Å². The quantitative estimate of drug-likeness (QED) is 0.750. The highest BCUT2D eigenvalue weighted by Gasteiger charge is 2.04. The molecule has 0 amide bonds. The highest BCUT2D eigenvalue weighted by Crippen LogP contribution is 2.19. The van der Waals surface area contributed by atoms with E-state index in [1.165, 1.54) is 30.7 Å². The van der Waals surface area contributed by atoms with Crippen LogP contribution in [0.2, 0.25) is 0 Å². The second-order valence-electron chi connectivity index (χ2n) is 4.64. The molecule has 0 aliphatic heterocycles. The standard InChI is InChI=1S/C16H12F2N4/c17-13-3-1-2-11(6-13)9-20-16-8-14(21-10-22-16)12-4-5-19-15(18)7-12/h1-8,10H,9H2,(H,20,21,22). The molecule has 0 aliphatic rings. The number of aromatic nitrogens is 3. The molecular weight excluding hydrogens is 286 g/mol. The minimum Gasteiger partial charge on any atom is -0.366 e. The molecule has 0 saturated heterocycles. The van der Waals surface area contributed by atoms with Gasteiger partial charge in [0.25, 0.3) is 0 Å². The number of nitrogens with one attached hydrogen (secondary N) is 1. The first-order chi connectivity index (χ1) is 10.7. The number of pyridine rings is 1. The van der Waals surface area contributed by atoms with Gasteiger partial charge in [-0.3, -0.25) is 0 Å². The Hall–Kier alpha value is -2.89. The van der Waals surface area contributed by atoms with Crippen LogP contribution < -0.4 is 5.32 Å². The van der Waals surface area contributed by atoms with Crippen LogP contribution in [0, 0.1) is 11.8 Å². The van der Waals surface area contributed by atoms with Gasteiger partial charge in [0.1, 0.15) is 18.0 Å². The molecule has 0 atom stereocenters. The van der Waals surface area contributed by atoms with Crippen molar-refractivity contribution in [3.05, 3.63) is 72.3 Å². The van der Waals surface area contributed by atoms with Crippen LogP contribution in [0.25, 0.3) is 11.3 Å². The Morgan fingerprint density at radius 2 is 1.86 bits per heavy atom. The summed E-state index contributed by atoms with van der Waals surface area (Å²) >= 11 is 0. The maximum absolute atomic E-state index is 13.2. The van der Waals surface area contributed by atoms with E-state index in [2.05, 4.69) is 20.3 Å². The summed E-state index contributed by atoms with van der Waals surface area (Å²) in [6, 6.07) is 11.0. The summed E-state index contributed by atoms with van der Waals surface area (Å²) in [6.07, 6.45) is 2.77. The van der Waals surface area contributed by atoms with Gasteiger partial charge in [0.2, 0.25) is 5.95 Å². The molecule has 4 nitrogen and oxygen atoms in total. The second-order valence-corrected chi connectivity index (χ2v) is 4.64. The highest BCUT2D eigenvalue weighted by atomic mass is 19.1. The Kier molecular flexibility index (Phi) is 4.00. The Labute approximate surface area is 125 Å². The van der Waals surface area contributed by atoms with Crippen molar-refractivity contribution in [3.63, 3.8) is 0 Å². The fourth-order valence-corrected chi connectivity index (χ4v) is 2.01. The lowest BCUT2D eigenvalue weighted by molar-refractivity contribution is 0.584. The van der Waals surface area contributed by atoms with E-state index < -0.39 is 5.95 Å². The van der Waals surface area contributed by atoms with E-state index in [1.807, 2.05) is 6.07 Å². The molecule has 1 N–H and O–H groups in total. The molecule has 3 aromatic rings. The normalized spacial score (nSPS) is 10.5. The average Bonchev–Trinajstić information content (AvgIpc) is 2.53. The molecule has 110 valence electrons. The molecule has 0 saturated carbocycles. The topological polar surface area (TPSA) is 50.7 Å². The van der Waals surface area contributed by atoms with Gasteiger partial charge in [-0.25, -0.2) is 19.3 Å². The molecule has 3 rings (SSSR count). The Balaban J connectivity index is 1.77. The van der Waals surface area contributed by atoms with Crippen molar-refractivity contribution in [3.8, 4) is 11.3 Å². The zero-order chi connectivity index (χ0) is 15.4. The molecule has 0 unspecified atom stereocenters. The van der Waals surface area contributed by atoms with Gasteiger partial charge in [-0.05, 0) is 23.8 Å². The summed E-state index contributed by atoms with van der Waals surface area (Å²) in [5.41, 5.74) is 2.00. The number of anilines is 1. The lowest BCUT2D eigenvalue weighted by Crippen LogP contribution is -2.02. The van der Waals surface area contributed by atoms with Crippen LogP contribution in [0.3, 0.4) is 0 Å². The number of hydrogen-bond acceptors (Lipinski definition) is 4. The summed E-state index contributed by atoms with van der Waals surface area (Å²) in [6.45, 7) is 0.429. The number of hydrogen-bond donors (Lipinski definition) is 1. The number of rotatable bonds is 4. The molecular formula is C16H12F2N4. The molecule has 1 aromatic carbocycles. The van der Waals surface area contributed by atoms with Crippen molar-refractivity contribution < 1.29 is 8.78 Å². The zero-order valence-electron chi connectivity index (χ0n) is 11.5. The first-order valence-electron chi connectivity index (χ1n) is 6.63. The SMILES string of the molecule is Fc1cccc(CNc2cc(-c3ccnc(F)c3)ncn2)c1. The van der Waals surface area contributed by atoms with Crippen LogP contribution in [0.5, 0.6) is 0 Å². The summed E-state index contributed by atoms with van der Waals surface area (Å²) in [5.74, 6) is -0.271. The van der Waals surface area contributed by atoms with Gasteiger partial charge in [0, 0.05) is 30.4 Å². The van der Waals surface area contributed by atoms with E-state index >= 15 is 0 Å². The maximum Gasteiger partial charge on any atom is 0.213 e. The molecule has 22 heavy (non-hydrogen) atoms. The van der Waals surface area contributed by atoms with E-state index in [1.54, 1.807) is 18.2 Å². The first kappa shape index (κ1) is 14.1. The van der Waals surface area contributed by atoms with Crippen molar-refractivity contribution in [1.29, 1.82) is 0 Å². The lowest BCUT2D eigenvalue weighted by Gasteiger charge is -2.07. The van der Waals surface area contributed by atoms with E-state index in [0.717, 1.165) is 5.56 Å². The highest BCUT2D eigenvalue weighted by molar-refractivity contribution is 5.61. The number of benzene rings is 1. The van der Waals surface area contributed by atoms with Crippen LogP contribution in [-0.2, 0) is 6.54 Å². The predicted octanol–water partition coefficient (Wildman–Crippen LogP) is 3.43. The van der Waals surface area contributed by atoms with Crippen LogP contribution in [0.1, 0.15) is 5.56 Å². The van der Waals surface area contributed by atoms with E-state index in [4.69, 9.17) is 0 Å².